The molecule has 3 unspecified atom stereocenters. The van der Waals surface area contributed by atoms with Crippen molar-refractivity contribution < 1.29 is 14.6 Å². The molecule has 0 spiro atoms. The van der Waals surface area contributed by atoms with Crippen molar-refractivity contribution in [3.8, 4) is 0 Å². The lowest BCUT2D eigenvalue weighted by molar-refractivity contribution is -0.259. The summed E-state index contributed by atoms with van der Waals surface area (Å²) >= 11 is 0. The van der Waals surface area contributed by atoms with E-state index in [9.17, 15) is 5.11 Å². The van der Waals surface area contributed by atoms with Gasteiger partial charge in [-0.25, -0.2) is 0 Å². The van der Waals surface area contributed by atoms with Gasteiger partial charge in [0, 0.05) is 19.4 Å². The summed E-state index contributed by atoms with van der Waals surface area (Å²) in [6.45, 7) is 15.7. The maximum absolute atomic E-state index is 10.8. The lowest BCUT2D eigenvalue weighted by Crippen LogP contribution is -2.43. The van der Waals surface area contributed by atoms with Gasteiger partial charge in [0.05, 0.1) is 17.8 Å². The van der Waals surface area contributed by atoms with Crippen LogP contribution in [0.4, 0.5) is 0 Å². The zero-order chi connectivity index (χ0) is 18.2. The molecule has 3 atom stereocenters. The highest BCUT2D eigenvalue weighted by Gasteiger charge is 2.35. The van der Waals surface area contributed by atoms with Gasteiger partial charge >= 0.3 is 0 Å². The first kappa shape index (κ1) is 21.9. The standard InChI is InChI=1S/C20H41NO3/c1-7-21(8-2)16-15-20(22)14-10-13-18(24-20)12-9-11-17(3)23-19(4,5)6/h17-18,22H,7-16H2,1-6H3. The molecule has 0 aromatic carbocycles. The van der Waals surface area contributed by atoms with Crippen LogP contribution in [0.1, 0.15) is 86.5 Å². The highest BCUT2D eigenvalue weighted by atomic mass is 16.6. The van der Waals surface area contributed by atoms with E-state index in [1.54, 1.807) is 0 Å². The molecule has 4 nitrogen and oxygen atoms in total. The Kier molecular flexibility index (Phi) is 9.21. The number of rotatable bonds is 10. The fourth-order valence-corrected chi connectivity index (χ4v) is 3.59. The fourth-order valence-electron chi connectivity index (χ4n) is 3.59. The Morgan fingerprint density at radius 2 is 1.96 bits per heavy atom. The van der Waals surface area contributed by atoms with Crippen molar-refractivity contribution in [3.63, 3.8) is 0 Å². The zero-order valence-corrected chi connectivity index (χ0v) is 16.9. The minimum absolute atomic E-state index is 0.0779. The Balaban J connectivity index is 2.32. The molecule has 0 radical (unpaired) electrons. The van der Waals surface area contributed by atoms with Crippen LogP contribution in [0.25, 0.3) is 0 Å². The van der Waals surface area contributed by atoms with Crippen LogP contribution in [0.15, 0.2) is 0 Å². The first-order chi connectivity index (χ1) is 11.2. The molecule has 4 heteroatoms. The number of hydrogen-bond donors (Lipinski definition) is 1. The van der Waals surface area contributed by atoms with E-state index in [1.165, 1.54) is 0 Å². The maximum atomic E-state index is 10.8. The summed E-state index contributed by atoms with van der Waals surface area (Å²) in [7, 11) is 0. The number of aliphatic hydroxyl groups is 1. The molecule has 0 aromatic rings. The van der Waals surface area contributed by atoms with Gasteiger partial charge in [0.2, 0.25) is 0 Å². The summed E-state index contributed by atoms with van der Waals surface area (Å²) in [6, 6.07) is 0. The second-order valence-electron chi connectivity index (χ2n) is 8.33. The van der Waals surface area contributed by atoms with Crippen molar-refractivity contribution in [2.45, 2.75) is 110 Å². The molecule has 1 aliphatic rings. The molecule has 1 aliphatic heterocycles. The van der Waals surface area contributed by atoms with Gasteiger partial charge in [-0.05, 0) is 72.9 Å². The van der Waals surface area contributed by atoms with E-state index in [0.29, 0.717) is 6.42 Å². The molecule has 1 saturated heterocycles. The summed E-state index contributed by atoms with van der Waals surface area (Å²) in [4.78, 5) is 2.34. The van der Waals surface area contributed by atoms with Gasteiger partial charge in [0.25, 0.3) is 0 Å². The Bertz CT molecular complexity index is 338. The van der Waals surface area contributed by atoms with Crippen molar-refractivity contribution in [1.82, 2.24) is 4.90 Å². The molecule has 1 N–H and O–H groups in total. The van der Waals surface area contributed by atoms with Crippen molar-refractivity contribution >= 4 is 0 Å². The summed E-state index contributed by atoms with van der Waals surface area (Å²) in [5.74, 6) is -0.918. The van der Waals surface area contributed by atoms with Crippen molar-refractivity contribution in [1.29, 1.82) is 0 Å². The molecule has 0 amide bonds. The van der Waals surface area contributed by atoms with Gasteiger partial charge < -0.3 is 19.5 Å². The molecule has 24 heavy (non-hydrogen) atoms. The van der Waals surface area contributed by atoms with Crippen LogP contribution in [0.3, 0.4) is 0 Å². The van der Waals surface area contributed by atoms with Crippen LogP contribution in [0.5, 0.6) is 0 Å². The van der Waals surface area contributed by atoms with Crippen molar-refractivity contribution in [2.75, 3.05) is 19.6 Å². The third kappa shape index (κ3) is 8.80. The first-order valence-electron chi connectivity index (χ1n) is 9.98. The summed E-state index contributed by atoms with van der Waals surface area (Å²) in [6.07, 6.45) is 7.25. The van der Waals surface area contributed by atoms with E-state index in [2.05, 4.69) is 46.4 Å². The Hall–Kier alpha value is -0.160. The van der Waals surface area contributed by atoms with Gasteiger partial charge in [-0.1, -0.05) is 13.8 Å². The van der Waals surface area contributed by atoms with Gasteiger partial charge in [-0.2, -0.15) is 0 Å². The SMILES string of the molecule is CCN(CC)CCC1(O)CCCC(CCCC(C)OC(C)(C)C)O1. The van der Waals surface area contributed by atoms with E-state index in [1.807, 2.05) is 0 Å². The van der Waals surface area contributed by atoms with E-state index in [0.717, 1.165) is 58.2 Å². The summed E-state index contributed by atoms with van der Waals surface area (Å²) < 4.78 is 12.0. The van der Waals surface area contributed by atoms with Gasteiger partial charge in [-0.3, -0.25) is 0 Å². The molecule has 0 bridgehead atoms. The smallest absolute Gasteiger partial charge is 0.167 e. The number of hydrogen-bond acceptors (Lipinski definition) is 4. The average molecular weight is 344 g/mol. The molecule has 0 aliphatic carbocycles. The van der Waals surface area contributed by atoms with Crippen LogP contribution in [0, 0.1) is 0 Å². The third-order valence-electron chi connectivity index (χ3n) is 4.88. The van der Waals surface area contributed by atoms with E-state index < -0.39 is 5.79 Å². The van der Waals surface area contributed by atoms with Crippen LogP contribution < -0.4 is 0 Å². The maximum Gasteiger partial charge on any atom is 0.167 e. The molecular formula is C20H41NO3. The number of nitrogens with zero attached hydrogens (tertiary/aromatic N) is 1. The quantitative estimate of drug-likeness (QED) is 0.640. The fraction of sp³-hybridized carbons (Fsp3) is 1.00. The molecule has 0 aromatic heterocycles. The molecule has 0 saturated carbocycles. The largest absolute Gasteiger partial charge is 0.373 e. The van der Waals surface area contributed by atoms with Crippen LogP contribution in [0.2, 0.25) is 0 Å². The lowest BCUT2D eigenvalue weighted by atomic mass is 9.95. The van der Waals surface area contributed by atoms with E-state index in [4.69, 9.17) is 9.47 Å². The predicted octanol–water partition coefficient (Wildman–Crippen LogP) is 4.35. The van der Waals surface area contributed by atoms with E-state index in [-0.39, 0.29) is 17.8 Å². The van der Waals surface area contributed by atoms with Crippen molar-refractivity contribution in [3.05, 3.63) is 0 Å². The van der Waals surface area contributed by atoms with Crippen molar-refractivity contribution in [2.24, 2.45) is 0 Å². The second kappa shape index (κ2) is 10.1. The highest BCUT2D eigenvalue weighted by Crippen LogP contribution is 2.32. The molecule has 1 rings (SSSR count). The number of ether oxygens (including phenoxy) is 2. The molecule has 1 fully saturated rings. The minimum Gasteiger partial charge on any atom is -0.373 e. The average Bonchev–Trinajstić information content (AvgIpc) is 2.46. The topological polar surface area (TPSA) is 41.9 Å². The highest BCUT2D eigenvalue weighted by molar-refractivity contribution is 4.78. The minimum atomic E-state index is -0.918. The first-order valence-corrected chi connectivity index (χ1v) is 9.98. The monoisotopic (exact) mass is 343 g/mol. The van der Waals surface area contributed by atoms with Gasteiger partial charge in [0.15, 0.2) is 5.79 Å². The van der Waals surface area contributed by atoms with Gasteiger partial charge in [0.1, 0.15) is 0 Å². The Morgan fingerprint density at radius 1 is 1.29 bits per heavy atom. The molecular weight excluding hydrogens is 302 g/mol. The van der Waals surface area contributed by atoms with E-state index >= 15 is 0 Å². The summed E-state index contributed by atoms with van der Waals surface area (Å²) in [5.41, 5.74) is -0.0779. The predicted molar refractivity (Wildman–Crippen MR) is 100 cm³/mol. The summed E-state index contributed by atoms with van der Waals surface area (Å²) in [5, 5.41) is 10.8. The van der Waals surface area contributed by atoms with Crippen LogP contribution >= 0.6 is 0 Å². The van der Waals surface area contributed by atoms with Crippen LogP contribution in [-0.4, -0.2) is 53.2 Å². The Labute approximate surface area is 149 Å². The van der Waals surface area contributed by atoms with Crippen LogP contribution in [-0.2, 0) is 9.47 Å². The molecule has 144 valence electrons. The second-order valence-corrected chi connectivity index (χ2v) is 8.33. The zero-order valence-electron chi connectivity index (χ0n) is 16.9. The lowest BCUT2D eigenvalue weighted by Gasteiger charge is -2.38. The Morgan fingerprint density at radius 3 is 2.54 bits per heavy atom. The molecule has 1 heterocycles. The van der Waals surface area contributed by atoms with Gasteiger partial charge in [-0.15, -0.1) is 0 Å². The normalized spacial score (nSPS) is 26.8. The third-order valence-corrected chi connectivity index (χ3v) is 4.88.